The minimum absolute atomic E-state index is 0.0474. The van der Waals surface area contributed by atoms with Crippen LogP contribution < -0.4 is 0 Å². The van der Waals surface area contributed by atoms with Crippen molar-refractivity contribution in [1.29, 1.82) is 0 Å². The zero-order valence-corrected chi connectivity index (χ0v) is 11.5. The van der Waals surface area contributed by atoms with Crippen LogP contribution in [-0.2, 0) is 21.4 Å². The molecular formula is C12H16FNO4S. The number of carbonyl (C=O) groups is 1. The minimum Gasteiger partial charge on any atom is -0.480 e. The smallest absolute Gasteiger partial charge is 0.323 e. The summed E-state index contributed by atoms with van der Waals surface area (Å²) < 4.78 is 38.2. The molecule has 0 saturated carbocycles. The fourth-order valence-corrected chi connectivity index (χ4v) is 2.96. The van der Waals surface area contributed by atoms with Gasteiger partial charge in [-0.3, -0.25) is 4.79 Å². The zero-order chi connectivity index (χ0) is 14.6. The van der Waals surface area contributed by atoms with Crippen LogP contribution in [0.5, 0.6) is 0 Å². The summed E-state index contributed by atoms with van der Waals surface area (Å²) in [6.45, 7) is 2.79. The number of carboxylic acid groups (broad SMARTS) is 1. The van der Waals surface area contributed by atoms with Gasteiger partial charge < -0.3 is 5.11 Å². The van der Waals surface area contributed by atoms with Gasteiger partial charge in [0.15, 0.2) is 5.25 Å². The van der Waals surface area contributed by atoms with Gasteiger partial charge in [-0.25, -0.2) is 12.8 Å². The maximum atomic E-state index is 13.0. The zero-order valence-electron chi connectivity index (χ0n) is 10.7. The average molecular weight is 289 g/mol. The van der Waals surface area contributed by atoms with Gasteiger partial charge in [0.05, 0.1) is 0 Å². The third-order valence-electron chi connectivity index (χ3n) is 2.76. The van der Waals surface area contributed by atoms with Gasteiger partial charge in [-0.2, -0.15) is 4.31 Å². The standard InChI is InChI=1S/C12H16FNO4S/c1-3-14(19(17,18)9(2)12(15)16)8-10-5-4-6-11(13)7-10/h4-7,9H,3,8H2,1-2H3,(H,15,16). The van der Waals surface area contributed by atoms with Gasteiger partial charge in [0.1, 0.15) is 5.82 Å². The van der Waals surface area contributed by atoms with Gasteiger partial charge in [-0.05, 0) is 24.6 Å². The first-order valence-electron chi connectivity index (χ1n) is 5.75. The summed E-state index contributed by atoms with van der Waals surface area (Å²) in [4.78, 5) is 10.8. The Morgan fingerprint density at radius 1 is 1.47 bits per heavy atom. The summed E-state index contributed by atoms with van der Waals surface area (Å²) in [7, 11) is -3.95. The number of hydrogen-bond acceptors (Lipinski definition) is 3. The number of carboxylic acids is 1. The predicted octanol–water partition coefficient (Wildman–Crippen LogP) is 1.45. The minimum atomic E-state index is -3.95. The van der Waals surface area contributed by atoms with Gasteiger partial charge in [-0.1, -0.05) is 19.1 Å². The van der Waals surface area contributed by atoms with Gasteiger partial charge in [0, 0.05) is 13.1 Å². The Kier molecular flexibility index (Phi) is 5.02. The Morgan fingerprint density at radius 3 is 2.58 bits per heavy atom. The topological polar surface area (TPSA) is 74.7 Å². The number of sulfonamides is 1. The lowest BCUT2D eigenvalue weighted by Crippen LogP contribution is -2.40. The van der Waals surface area contributed by atoms with Crippen LogP contribution in [0.2, 0.25) is 0 Å². The fraction of sp³-hybridized carbons (Fsp3) is 0.417. The molecule has 106 valence electrons. The molecule has 0 heterocycles. The first-order valence-corrected chi connectivity index (χ1v) is 7.25. The Morgan fingerprint density at radius 2 is 2.11 bits per heavy atom. The first kappa shape index (κ1) is 15.6. The lowest BCUT2D eigenvalue weighted by atomic mass is 10.2. The van der Waals surface area contributed by atoms with Crippen LogP contribution in [0.15, 0.2) is 24.3 Å². The van der Waals surface area contributed by atoms with Crippen LogP contribution in [-0.4, -0.2) is 35.6 Å². The molecule has 1 aromatic rings. The van der Waals surface area contributed by atoms with Crippen molar-refractivity contribution in [3.8, 4) is 0 Å². The van der Waals surface area contributed by atoms with E-state index < -0.39 is 27.1 Å². The molecule has 0 aliphatic heterocycles. The van der Waals surface area contributed by atoms with Gasteiger partial charge in [-0.15, -0.1) is 0 Å². The quantitative estimate of drug-likeness (QED) is 0.860. The fourth-order valence-electron chi connectivity index (χ4n) is 1.57. The van der Waals surface area contributed by atoms with Crippen molar-refractivity contribution in [3.63, 3.8) is 0 Å². The van der Waals surface area contributed by atoms with Crippen LogP contribution in [0.1, 0.15) is 19.4 Å². The molecule has 1 rings (SSSR count). The van der Waals surface area contributed by atoms with E-state index in [-0.39, 0.29) is 13.1 Å². The van der Waals surface area contributed by atoms with Gasteiger partial charge >= 0.3 is 5.97 Å². The number of hydrogen-bond donors (Lipinski definition) is 1. The highest BCUT2D eigenvalue weighted by atomic mass is 32.2. The van der Waals surface area contributed by atoms with Crippen molar-refractivity contribution in [1.82, 2.24) is 4.31 Å². The van der Waals surface area contributed by atoms with Crippen molar-refractivity contribution in [2.24, 2.45) is 0 Å². The monoisotopic (exact) mass is 289 g/mol. The Labute approximate surface area is 111 Å². The van der Waals surface area contributed by atoms with E-state index in [1.54, 1.807) is 13.0 Å². The van der Waals surface area contributed by atoms with Crippen LogP contribution in [0.3, 0.4) is 0 Å². The SMILES string of the molecule is CCN(Cc1cccc(F)c1)S(=O)(=O)C(C)C(=O)O. The third-order valence-corrected chi connectivity index (χ3v) is 4.96. The largest absolute Gasteiger partial charge is 0.480 e. The molecule has 0 radical (unpaired) electrons. The maximum Gasteiger partial charge on any atom is 0.323 e. The van der Waals surface area contributed by atoms with E-state index >= 15 is 0 Å². The third kappa shape index (κ3) is 3.74. The molecule has 0 aromatic heterocycles. The first-order chi connectivity index (χ1) is 8.78. The molecule has 7 heteroatoms. The lowest BCUT2D eigenvalue weighted by molar-refractivity contribution is -0.136. The highest BCUT2D eigenvalue weighted by Gasteiger charge is 2.32. The molecule has 1 aromatic carbocycles. The predicted molar refractivity (Wildman–Crippen MR) is 68.5 cm³/mol. The van der Waals surface area contributed by atoms with Crippen LogP contribution in [0.25, 0.3) is 0 Å². The van der Waals surface area contributed by atoms with Crippen LogP contribution in [0, 0.1) is 5.82 Å². The van der Waals surface area contributed by atoms with Crippen LogP contribution in [0.4, 0.5) is 4.39 Å². The molecule has 0 fully saturated rings. The second kappa shape index (κ2) is 6.12. The number of rotatable bonds is 6. The number of benzene rings is 1. The molecule has 0 saturated heterocycles. The molecule has 0 aliphatic rings. The molecule has 0 aliphatic carbocycles. The van der Waals surface area contributed by atoms with Crippen LogP contribution >= 0.6 is 0 Å². The normalized spacial score (nSPS) is 13.5. The number of nitrogens with zero attached hydrogens (tertiary/aromatic N) is 1. The molecule has 5 nitrogen and oxygen atoms in total. The molecule has 19 heavy (non-hydrogen) atoms. The van der Waals surface area contributed by atoms with Crippen molar-refractivity contribution < 1.29 is 22.7 Å². The number of aliphatic carboxylic acids is 1. The summed E-state index contributed by atoms with van der Waals surface area (Å²) in [5.74, 6) is -1.87. The van der Waals surface area contributed by atoms with Gasteiger partial charge in [0.25, 0.3) is 0 Å². The number of halogens is 1. The summed E-state index contributed by atoms with van der Waals surface area (Å²) in [5, 5.41) is 7.28. The molecule has 1 N–H and O–H groups in total. The van der Waals surface area contributed by atoms with E-state index in [1.807, 2.05) is 0 Å². The highest BCUT2D eigenvalue weighted by molar-refractivity contribution is 7.90. The van der Waals surface area contributed by atoms with Crippen molar-refractivity contribution in [2.45, 2.75) is 25.6 Å². The Balaban J connectivity index is 2.99. The Hall–Kier alpha value is -1.47. The van der Waals surface area contributed by atoms with E-state index in [0.717, 1.165) is 11.2 Å². The van der Waals surface area contributed by atoms with Crippen molar-refractivity contribution in [2.75, 3.05) is 6.54 Å². The summed E-state index contributed by atoms with van der Waals surface area (Å²) >= 11 is 0. The lowest BCUT2D eigenvalue weighted by Gasteiger charge is -2.22. The Bertz CT molecular complexity index is 559. The van der Waals surface area contributed by atoms with E-state index in [0.29, 0.717) is 5.56 Å². The van der Waals surface area contributed by atoms with E-state index in [1.165, 1.54) is 18.2 Å². The van der Waals surface area contributed by atoms with Crippen molar-refractivity contribution in [3.05, 3.63) is 35.6 Å². The highest BCUT2D eigenvalue weighted by Crippen LogP contribution is 2.14. The summed E-state index contributed by atoms with van der Waals surface area (Å²) in [6, 6.07) is 5.55. The molecule has 0 amide bonds. The molecule has 1 unspecified atom stereocenters. The van der Waals surface area contributed by atoms with Gasteiger partial charge in [0.2, 0.25) is 10.0 Å². The molecule has 0 bridgehead atoms. The summed E-state index contributed by atoms with van der Waals surface area (Å²) in [6.07, 6.45) is 0. The van der Waals surface area contributed by atoms with E-state index in [2.05, 4.69) is 0 Å². The average Bonchev–Trinajstić information content (AvgIpc) is 2.34. The maximum absolute atomic E-state index is 13.0. The van der Waals surface area contributed by atoms with E-state index in [4.69, 9.17) is 5.11 Å². The molecular weight excluding hydrogens is 273 g/mol. The molecule has 1 atom stereocenters. The second-order valence-corrected chi connectivity index (χ2v) is 6.33. The van der Waals surface area contributed by atoms with E-state index in [9.17, 15) is 17.6 Å². The molecule has 0 spiro atoms. The van der Waals surface area contributed by atoms with Crippen molar-refractivity contribution >= 4 is 16.0 Å². The summed E-state index contributed by atoms with van der Waals surface area (Å²) in [5.41, 5.74) is 0.475. The second-order valence-electron chi connectivity index (χ2n) is 4.08.